The zero-order valence-electron chi connectivity index (χ0n) is 19.7. The molecule has 0 fully saturated rings. The molecule has 3 aromatic carbocycles. The van der Waals surface area contributed by atoms with Crippen LogP contribution >= 0.6 is 0 Å². The lowest BCUT2D eigenvalue weighted by atomic mass is 10.1. The lowest BCUT2D eigenvalue weighted by molar-refractivity contribution is 0.0711. The fraction of sp³-hybridized carbons (Fsp3) is 0.148. The zero-order valence-corrected chi connectivity index (χ0v) is 19.7. The van der Waals surface area contributed by atoms with E-state index in [1.54, 1.807) is 30.3 Å². The smallest absolute Gasteiger partial charge is 0.273 e. The van der Waals surface area contributed by atoms with Gasteiger partial charge in [0.2, 0.25) is 6.79 Å². The third-order valence-corrected chi connectivity index (χ3v) is 5.71. The summed E-state index contributed by atoms with van der Waals surface area (Å²) in [5, 5.41) is 6.42. The molecule has 4 aromatic rings. The maximum atomic E-state index is 13.8. The molecule has 0 atom stereocenters. The molecule has 0 radical (unpaired) electrons. The quantitative estimate of drug-likeness (QED) is 0.363. The number of ether oxygens (including phenoxy) is 2. The second kappa shape index (κ2) is 10.7. The number of rotatable bonds is 8. The largest absolute Gasteiger partial charge is 0.454 e. The van der Waals surface area contributed by atoms with Crippen molar-refractivity contribution in [3.8, 4) is 11.5 Å². The van der Waals surface area contributed by atoms with E-state index in [2.05, 4.69) is 10.5 Å². The van der Waals surface area contributed by atoms with Crippen LogP contribution < -0.4 is 14.8 Å². The molecule has 0 bridgehead atoms. The predicted molar refractivity (Wildman–Crippen MR) is 127 cm³/mol. The van der Waals surface area contributed by atoms with Gasteiger partial charge in [0.25, 0.3) is 11.8 Å². The topological polar surface area (TPSA) is 93.9 Å². The van der Waals surface area contributed by atoms with Crippen LogP contribution in [-0.4, -0.2) is 28.7 Å². The Balaban J connectivity index is 1.33. The van der Waals surface area contributed by atoms with Crippen LogP contribution in [0.5, 0.6) is 11.5 Å². The predicted octanol–water partition coefficient (Wildman–Crippen LogP) is 4.59. The van der Waals surface area contributed by atoms with Crippen LogP contribution in [0.25, 0.3) is 0 Å². The van der Waals surface area contributed by atoms with E-state index in [0.717, 1.165) is 12.1 Å². The standard InChI is InChI=1S/C27H20F3N3O5/c28-19-4-1-16(2-5-19)12-31-26(34)23-11-22(38-32-23)14-33(27(35)18-8-20(29)10-21(30)9-18)13-17-3-6-24-25(7-17)37-15-36-24/h1-11H,12-15H2,(H,31,34). The van der Waals surface area contributed by atoms with E-state index in [1.807, 2.05) is 0 Å². The molecule has 38 heavy (non-hydrogen) atoms. The fourth-order valence-corrected chi connectivity index (χ4v) is 3.88. The minimum absolute atomic E-state index is 0.0282. The number of hydrogen-bond acceptors (Lipinski definition) is 6. The Labute approximate surface area is 214 Å². The van der Waals surface area contributed by atoms with Crippen molar-refractivity contribution in [2.75, 3.05) is 6.79 Å². The van der Waals surface area contributed by atoms with Gasteiger partial charge in [-0.1, -0.05) is 23.4 Å². The van der Waals surface area contributed by atoms with Crippen molar-refractivity contribution in [2.24, 2.45) is 0 Å². The van der Waals surface area contributed by atoms with Crippen molar-refractivity contribution in [1.29, 1.82) is 0 Å². The van der Waals surface area contributed by atoms with Crippen LogP contribution in [0.2, 0.25) is 0 Å². The zero-order chi connectivity index (χ0) is 26.6. The van der Waals surface area contributed by atoms with Gasteiger partial charge in [-0.25, -0.2) is 13.2 Å². The molecular formula is C27H20F3N3O5. The van der Waals surface area contributed by atoms with E-state index in [4.69, 9.17) is 14.0 Å². The molecule has 1 aromatic heterocycles. The van der Waals surface area contributed by atoms with Gasteiger partial charge in [0.15, 0.2) is 23.0 Å². The highest BCUT2D eigenvalue weighted by Gasteiger charge is 2.23. The average Bonchev–Trinajstić information content (AvgIpc) is 3.56. The second-order valence-corrected chi connectivity index (χ2v) is 8.49. The van der Waals surface area contributed by atoms with E-state index in [1.165, 1.54) is 23.1 Å². The SMILES string of the molecule is O=C(NCc1ccc(F)cc1)c1cc(CN(Cc2ccc3c(c2)OCO3)C(=O)c2cc(F)cc(F)c2)on1. The maximum Gasteiger partial charge on any atom is 0.273 e. The number of hydrogen-bond donors (Lipinski definition) is 1. The van der Waals surface area contributed by atoms with Crippen molar-refractivity contribution < 1.29 is 36.8 Å². The lowest BCUT2D eigenvalue weighted by Crippen LogP contribution is -2.30. The van der Waals surface area contributed by atoms with Gasteiger partial charge < -0.3 is 24.2 Å². The van der Waals surface area contributed by atoms with Crippen molar-refractivity contribution in [2.45, 2.75) is 19.6 Å². The highest BCUT2D eigenvalue weighted by molar-refractivity contribution is 5.94. The first-order chi connectivity index (χ1) is 18.3. The maximum absolute atomic E-state index is 13.8. The van der Waals surface area contributed by atoms with Crippen LogP contribution in [0.3, 0.4) is 0 Å². The van der Waals surface area contributed by atoms with Gasteiger partial charge in [0, 0.05) is 30.8 Å². The summed E-state index contributed by atoms with van der Waals surface area (Å²) in [6.07, 6.45) is 0. The van der Waals surface area contributed by atoms with Crippen molar-refractivity contribution in [3.63, 3.8) is 0 Å². The molecule has 2 amide bonds. The molecule has 0 spiro atoms. The Bertz CT molecular complexity index is 1470. The van der Waals surface area contributed by atoms with E-state index in [9.17, 15) is 22.8 Å². The minimum atomic E-state index is -0.892. The second-order valence-electron chi connectivity index (χ2n) is 8.49. The molecule has 1 aliphatic rings. The summed E-state index contributed by atoms with van der Waals surface area (Å²) in [5.41, 5.74) is 1.12. The Morgan fingerprint density at radius 2 is 1.53 bits per heavy atom. The van der Waals surface area contributed by atoms with Gasteiger partial charge in [-0.3, -0.25) is 9.59 Å². The monoisotopic (exact) mass is 523 g/mol. The summed E-state index contributed by atoms with van der Waals surface area (Å²) in [6, 6.07) is 14.7. The van der Waals surface area contributed by atoms with Gasteiger partial charge in [-0.2, -0.15) is 0 Å². The Hall–Kier alpha value is -4.80. The Morgan fingerprint density at radius 3 is 2.29 bits per heavy atom. The normalized spacial score (nSPS) is 11.9. The third-order valence-electron chi connectivity index (χ3n) is 5.71. The van der Waals surface area contributed by atoms with Crippen LogP contribution in [0.15, 0.2) is 71.3 Å². The van der Waals surface area contributed by atoms with E-state index in [-0.39, 0.29) is 49.3 Å². The van der Waals surface area contributed by atoms with Gasteiger partial charge in [-0.05, 0) is 47.5 Å². The van der Waals surface area contributed by atoms with E-state index < -0.39 is 23.4 Å². The summed E-state index contributed by atoms with van der Waals surface area (Å²) in [7, 11) is 0. The highest BCUT2D eigenvalue weighted by atomic mass is 19.1. The molecule has 0 unspecified atom stereocenters. The first kappa shape index (κ1) is 24.9. The van der Waals surface area contributed by atoms with Crippen molar-refractivity contribution in [3.05, 3.63) is 112 Å². The molecule has 2 heterocycles. The first-order valence-electron chi connectivity index (χ1n) is 11.5. The van der Waals surface area contributed by atoms with Crippen molar-refractivity contribution >= 4 is 11.8 Å². The number of aromatic nitrogens is 1. The molecule has 0 saturated carbocycles. The molecule has 1 aliphatic heterocycles. The number of nitrogens with zero attached hydrogens (tertiary/aromatic N) is 2. The molecule has 5 rings (SSSR count). The average molecular weight is 523 g/mol. The number of fused-ring (bicyclic) bond motifs is 1. The lowest BCUT2D eigenvalue weighted by Gasteiger charge is -2.22. The van der Waals surface area contributed by atoms with Crippen LogP contribution in [0, 0.1) is 17.5 Å². The first-order valence-corrected chi connectivity index (χ1v) is 11.5. The summed E-state index contributed by atoms with van der Waals surface area (Å²) in [5.74, 6) is -2.14. The van der Waals surface area contributed by atoms with Gasteiger partial charge in [0.1, 0.15) is 17.5 Å². The van der Waals surface area contributed by atoms with Gasteiger partial charge in [-0.15, -0.1) is 0 Å². The van der Waals surface area contributed by atoms with E-state index in [0.29, 0.717) is 28.7 Å². The third kappa shape index (κ3) is 5.77. The Morgan fingerprint density at radius 1 is 0.816 bits per heavy atom. The Kier molecular flexibility index (Phi) is 6.98. The van der Waals surface area contributed by atoms with Crippen LogP contribution in [-0.2, 0) is 19.6 Å². The number of carbonyl (C=O) groups excluding carboxylic acids is 2. The summed E-state index contributed by atoms with van der Waals surface area (Å²) in [6.45, 7) is 0.0965. The van der Waals surface area contributed by atoms with Crippen molar-refractivity contribution in [1.82, 2.24) is 15.4 Å². The molecule has 194 valence electrons. The molecule has 1 N–H and O–H groups in total. The summed E-state index contributed by atoms with van der Waals surface area (Å²) in [4.78, 5) is 27.1. The van der Waals surface area contributed by atoms with Gasteiger partial charge in [0.05, 0.1) is 6.54 Å². The molecule has 0 saturated heterocycles. The summed E-state index contributed by atoms with van der Waals surface area (Å²) >= 11 is 0. The number of carbonyl (C=O) groups is 2. The molecule has 0 aliphatic carbocycles. The number of nitrogens with one attached hydrogen (secondary N) is 1. The fourth-order valence-electron chi connectivity index (χ4n) is 3.88. The number of amides is 2. The van der Waals surface area contributed by atoms with Crippen LogP contribution in [0.4, 0.5) is 13.2 Å². The van der Waals surface area contributed by atoms with E-state index >= 15 is 0 Å². The summed E-state index contributed by atoms with van der Waals surface area (Å²) < 4.78 is 56.7. The molecule has 11 heteroatoms. The minimum Gasteiger partial charge on any atom is -0.454 e. The highest BCUT2D eigenvalue weighted by Crippen LogP contribution is 2.33. The number of halogens is 3. The molecular weight excluding hydrogens is 503 g/mol. The van der Waals surface area contributed by atoms with Crippen LogP contribution in [0.1, 0.15) is 37.7 Å². The number of benzene rings is 3. The van der Waals surface area contributed by atoms with Gasteiger partial charge >= 0.3 is 0 Å². The molecule has 8 nitrogen and oxygen atoms in total.